The van der Waals surface area contributed by atoms with Crippen LogP contribution in [0.15, 0.2) is 18.2 Å². The third-order valence-corrected chi connectivity index (χ3v) is 3.29. The Kier molecular flexibility index (Phi) is 3.77. The van der Waals surface area contributed by atoms with Crippen LogP contribution in [0.4, 0.5) is 8.78 Å². The molecule has 0 unspecified atom stereocenters. The summed E-state index contributed by atoms with van der Waals surface area (Å²) >= 11 is 5.85. The fraction of sp³-hybridized carbons (Fsp3) is 0.500. The normalized spacial score (nSPS) is 24.2. The van der Waals surface area contributed by atoms with E-state index in [1.165, 1.54) is 6.07 Å². The zero-order valence-corrected chi connectivity index (χ0v) is 9.61. The van der Waals surface area contributed by atoms with E-state index in [0.29, 0.717) is 23.4 Å². The van der Waals surface area contributed by atoms with Crippen molar-refractivity contribution in [1.82, 2.24) is 5.32 Å². The van der Waals surface area contributed by atoms with Gasteiger partial charge in [-0.05, 0) is 43.5 Å². The van der Waals surface area contributed by atoms with Crippen molar-refractivity contribution in [2.75, 3.05) is 6.54 Å². The van der Waals surface area contributed by atoms with Gasteiger partial charge >= 0.3 is 0 Å². The van der Waals surface area contributed by atoms with Gasteiger partial charge in [0.2, 0.25) is 0 Å². The number of halogens is 3. The van der Waals surface area contributed by atoms with Crippen molar-refractivity contribution in [3.8, 4) is 0 Å². The molecule has 1 aromatic carbocycles. The molecule has 0 spiro atoms. The molecule has 0 saturated heterocycles. The number of nitrogens with one attached hydrogen (secondary N) is 1. The maximum atomic E-state index is 13.2. The number of rotatable bonds is 4. The third kappa shape index (κ3) is 2.92. The Balaban J connectivity index is 1.78. The van der Waals surface area contributed by atoms with Crippen molar-refractivity contribution < 1.29 is 8.78 Å². The van der Waals surface area contributed by atoms with Crippen LogP contribution in [0.25, 0.3) is 0 Å². The van der Waals surface area contributed by atoms with Crippen LogP contribution >= 0.6 is 11.6 Å². The SMILES string of the molecule is Fc1ccc(F)c(CNCC2CC(Cl)C2)c1. The Hall–Kier alpha value is -0.670. The molecule has 0 heterocycles. The predicted octanol–water partition coefficient (Wildman–Crippen LogP) is 3.07. The minimum atomic E-state index is -0.400. The van der Waals surface area contributed by atoms with Gasteiger partial charge in [-0.15, -0.1) is 11.6 Å². The first kappa shape index (κ1) is 11.8. The summed E-state index contributed by atoms with van der Waals surface area (Å²) in [6.45, 7) is 1.19. The van der Waals surface area contributed by atoms with Gasteiger partial charge in [0.15, 0.2) is 0 Å². The van der Waals surface area contributed by atoms with Gasteiger partial charge in [0, 0.05) is 17.5 Å². The van der Waals surface area contributed by atoms with Gasteiger partial charge in [-0.3, -0.25) is 0 Å². The molecule has 0 bridgehead atoms. The molecule has 88 valence electrons. The molecule has 0 atom stereocenters. The van der Waals surface area contributed by atoms with Crippen molar-refractivity contribution in [3.05, 3.63) is 35.4 Å². The van der Waals surface area contributed by atoms with E-state index in [9.17, 15) is 8.78 Å². The van der Waals surface area contributed by atoms with Crippen molar-refractivity contribution in [2.45, 2.75) is 24.8 Å². The van der Waals surface area contributed by atoms with E-state index < -0.39 is 5.82 Å². The molecule has 0 aromatic heterocycles. The van der Waals surface area contributed by atoms with E-state index in [4.69, 9.17) is 11.6 Å². The minimum absolute atomic E-state index is 0.303. The average Bonchev–Trinajstić information content (AvgIpc) is 2.20. The van der Waals surface area contributed by atoms with Gasteiger partial charge in [-0.2, -0.15) is 0 Å². The summed E-state index contributed by atoms with van der Waals surface area (Å²) in [7, 11) is 0. The predicted molar refractivity (Wildman–Crippen MR) is 60.4 cm³/mol. The lowest BCUT2D eigenvalue weighted by atomic mass is 9.85. The summed E-state index contributed by atoms with van der Waals surface area (Å²) in [5.74, 6) is -0.181. The lowest BCUT2D eigenvalue weighted by molar-refractivity contribution is 0.307. The number of alkyl halides is 1. The number of benzene rings is 1. The van der Waals surface area contributed by atoms with Gasteiger partial charge in [0.1, 0.15) is 11.6 Å². The van der Waals surface area contributed by atoms with Gasteiger partial charge in [0.05, 0.1) is 0 Å². The molecule has 1 fully saturated rings. The van der Waals surface area contributed by atoms with Gasteiger partial charge < -0.3 is 5.32 Å². The summed E-state index contributed by atoms with van der Waals surface area (Å²) in [5, 5.41) is 3.43. The number of hydrogen-bond donors (Lipinski definition) is 1. The number of hydrogen-bond acceptors (Lipinski definition) is 1. The highest BCUT2D eigenvalue weighted by Gasteiger charge is 2.26. The van der Waals surface area contributed by atoms with E-state index in [-0.39, 0.29) is 5.82 Å². The average molecular weight is 246 g/mol. The molecule has 1 saturated carbocycles. The van der Waals surface area contributed by atoms with Crippen molar-refractivity contribution >= 4 is 11.6 Å². The maximum absolute atomic E-state index is 13.2. The Morgan fingerprint density at radius 3 is 2.75 bits per heavy atom. The van der Waals surface area contributed by atoms with Gasteiger partial charge in [-0.1, -0.05) is 0 Å². The third-order valence-electron chi connectivity index (χ3n) is 2.93. The van der Waals surface area contributed by atoms with E-state index in [1.807, 2.05) is 0 Å². The molecular formula is C12H14ClF2N. The van der Waals surface area contributed by atoms with E-state index >= 15 is 0 Å². The highest BCUT2D eigenvalue weighted by molar-refractivity contribution is 6.21. The lowest BCUT2D eigenvalue weighted by Crippen LogP contribution is -2.33. The Morgan fingerprint density at radius 1 is 1.31 bits per heavy atom. The zero-order chi connectivity index (χ0) is 11.5. The molecule has 1 aliphatic rings. The van der Waals surface area contributed by atoms with Crippen LogP contribution in [0.3, 0.4) is 0 Å². The van der Waals surface area contributed by atoms with Crippen molar-refractivity contribution in [3.63, 3.8) is 0 Å². The molecular weight excluding hydrogens is 232 g/mol. The smallest absolute Gasteiger partial charge is 0.127 e. The van der Waals surface area contributed by atoms with Crippen LogP contribution in [-0.4, -0.2) is 11.9 Å². The largest absolute Gasteiger partial charge is 0.312 e. The fourth-order valence-corrected chi connectivity index (χ4v) is 2.41. The molecule has 1 aliphatic carbocycles. The molecule has 0 radical (unpaired) electrons. The van der Waals surface area contributed by atoms with E-state index in [1.54, 1.807) is 0 Å². The Labute approximate surface area is 98.8 Å². The van der Waals surface area contributed by atoms with Crippen molar-refractivity contribution in [2.24, 2.45) is 5.92 Å². The standard InChI is InChI=1S/C12H14ClF2N/c13-10-3-8(4-10)6-16-7-9-5-11(14)1-2-12(9)15/h1-2,5,8,10,16H,3-4,6-7H2. The summed E-state index contributed by atoms with van der Waals surface area (Å²) < 4.78 is 26.1. The fourth-order valence-electron chi connectivity index (χ4n) is 1.91. The first-order valence-corrected chi connectivity index (χ1v) is 5.87. The quantitative estimate of drug-likeness (QED) is 0.804. The lowest BCUT2D eigenvalue weighted by Gasteiger charge is -2.31. The molecule has 1 aromatic rings. The Morgan fingerprint density at radius 2 is 2.06 bits per heavy atom. The minimum Gasteiger partial charge on any atom is -0.312 e. The van der Waals surface area contributed by atoms with E-state index in [2.05, 4.69) is 5.32 Å². The second-order valence-corrected chi connectivity index (χ2v) is 4.92. The summed E-state index contributed by atoms with van der Waals surface area (Å²) in [4.78, 5) is 0. The molecule has 0 amide bonds. The highest BCUT2D eigenvalue weighted by Crippen LogP contribution is 2.31. The monoisotopic (exact) mass is 245 g/mol. The molecule has 1 nitrogen and oxygen atoms in total. The van der Waals surface area contributed by atoms with Crippen LogP contribution in [-0.2, 0) is 6.54 Å². The van der Waals surface area contributed by atoms with E-state index in [0.717, 1.165) is 31.5 Å². The molecule has 4 heteroatoms. The summed E-state index contributed by atoms with van der Waals surface area (Å²) in [6.07, 6.45) is 2.03. The zero-order valence-electron chi connectivity index (χ0n) is 8.85. The highest BCUT2D eigenvalue weighted by atomic mass is 35.5. The van der Waals surface area contributed by atoms with Crippen LogP contribution in [0.2, 0.25) is 0 Å². The van der Waals surface area contributed by atoms with Gasteiger partial charge in [0.25, 0.3) is 0 Å². The second kappa shape index (κ2) is 5.11. The van der Waals surface area contributed by atoms with Crippen LogP contribution in [0.5, 0.6) is 0 Å². The van der Waals surface area contributed by atoms with Crippen LogP contribution in [0, 0.1) is 17.6 Å². The summed E-state index contributed by atoms with van der Waals surface area (Å²) in [5.41, 5.74) is 0.377. The first-order valence-electron chi connectivity index (χ1n) is 5.44. The van der Waals surface area contributed by atoms with Crippen molar-refractivity contribution in [1.29, 1.82) is 0 Å². The summed E-state index contributed by atoms with van der Waals surface area (Å²) in [6, 6.07) is 3.51. The molecule has 16 heavy (non-hydrogen) atoms. The topological polar surface area (TPSA) is 12.0 Å². The van der Waals surface area contributed by atoms with Gasteiger partial charge in [-0.25, -0.2) is 8.78 Å². The first-order chi connectivity index (χ1) is 7.65. The van der Waals surface area contributed by atoms with Crippen LogP contribution in [0.1, 0.15) is 18.4 Å². The molecule has 2 rings (SSSR count). The Bertz CT molecular complexity index is 364. The van der Waals surface area contributed by atoms with Crippen LogP contribution < -0.4 is 5.32 Å². The second-order valence-electron chi connectivity index (χ2n) is 4.30. The molecule has 1 N–H and O–H groups in total. The molecule has 0 aliphatic heterocycles. The maximum Gasteiger partial charge on any atom is 0.127 e.